The number of aliphatic imine (C=N–C) groups is 1. The molecule has 0 unspecified atom stereocenters. The average molecular weight is 143 g/mol. The number of nitrogens with two attached hydrogens (primary N) is 2. The zero-order chi connectivity index (χ0) is 7.82. The molecule has 0 aliphatic heterocycles. The number of guanidine groups is 1. The van der Waals surface area contributed by atoms with Crippen LogP contribution in [-0.4, -0.2) is 12.5 Å². The third-order valence-corrected chi connectivity index (χ3v) is 1.31. The highest BCUT2D eigenvalue weighted by molar-refractivity contribution is 5.75. The summed E-state index contributed by atoms with van der Waals surface area (Å²) in [4.78, 5) is 3.87. The van der Waals surface area contributed by atoms with Crippen molar-refractivity contribution in [3.8, 4) is 0 Å². The fourth-order valence-electron chi connectivity index (χ4n) is 0.747. The molecule has 0 aromatic rings. The summed E-state index contributed by atoms with van der Waals surface area (Å²) >= 11 is 0. The van der Waals surface area contributed by atoms with Crippen molar-refractivity contribution < 1.29 is 0 Å². The van der Waals surface area contributed by atoms with Gasteiger partial charge in [0.05, 0.1) is 0 Å². The van der Waals surface area contributed by atoms with Crippen LogP contribution in [-0.2, 0) is 0 Å². The highest BCUT2D eigenvalue weighted by atomic mass is 15.0. The first-order valence-corrected chi connectivity index (χ1v) is 3.82. The van der Waals surface area contributed by atoms with E-state index in [9.17, 15) is 0 Å². The Morgan fingerprint density at radius 2 is 1.90 bits per heavy atom. The lowest BCUT2D eigenvalue weighted by atomic mass is 10.2. The van der Waals surface area contributed by atoms with E-state index in [0.717, 1.165) is 13.0 Å². The van der Waals surface area contributed by atoms with Crippen molar-refractivity contribution in [2.24, 2.45) is 16.5 Å². The molecule has 0 saturated carbocycles. The lowest BCUT2D eigenvalue weighted by Gasteiger charge is -1.94. The van der Waals surface area contributed by atoms with Crippen molar-refractivity contribution in [1.29, 1.82) is 0 Å². The van der Waals surface area contributed by atoms with Gasteiger partial charge in [0.15, 0.2) is 5.96 Å². The van der Waals surface area contributed by atoms with Gasteiger partial charge >= 0.3 is 0 Å². The standard InChI is InChI=1S/C7H17N3/c1-2-3-4-5-6-10-7(8)9/h2-6H2,1H3,(H4,8,9,10). The van der Waals surface area contributed by atoms with E-state index in [1.165, 1.54) is 19.3 Å². The fourth-order valence-corrected chi connectivity index (χ4v) is 0.747. The van der Waals surface area contributed by atoms with E-state index < -0.39 is 0 Å². The third-order valence-electron chi connectivity index (χ3n) is 1.31. The second-order valence-corrected chi connectivity index (χ2v) is 2.37. The summed E-state index contributed by atoms with van der Waals surface area (Å²) in [6.07, 6.45) is 4.86. The predicted molar refractivity (Wildman–Crippen MR) is 44.8 cm³/mol. The molecule has 0 aliphatic rings. The highest BCUT2D eigenvalue weighted by Gasteiger charge is 1.85. The Bertz CT molecular complexity index is 95.0. The van der Waals surface area contributed by atoms with Crippen LogP contribution >= 0.6 is 0 Å². The Hall–Kier alpha value is -0.730. The second-order valence-electron chi connectivity index (χ2n) is 2.37. The number of nitrogens with zero attached hydrogens (tertiary/aromatic N) is 1. The maximum atomic E-state index is 5.13. The molecule has 0 heterocycles. The van der Waals surface area contributed by atoms with Crippen LogP contribution in [0.2, 0.25) is 0 Å². The predicted octanol–water partition coefficient (Wildman–Crippen LogP) is 0.840. The smallest absolute Gasteiger partial charge is 0.185 e. The van der Waals surface area contributed by atoms with Crippen LogP contribution in [0.1, 0.15) is 32.6 Å². The first-order valence-electron chi connectivity index (χ1n) is 3.82. The molecule has 10 heavy (non-hydrogen) atoms. The largest absolute Gasteiger partial charge is 0.370 e. The fraction of sp³-hybridized carbons (Fsp3) is 0.857. The van der Waals surface area contributed by atoms with Gasteiger partial charge < -0.3 is 11.5 Å². The Balaban J connectivity index is 2.98. The van der Waals surface area contributed by atoms with Gasteiger partial charge in [0.2, 0.25) is 0 Å². The molecule has 0 aromatic heterocycles. The van der Waals surface area contributed by atoms with E-state index in [4.69, 9.17) is 11.5 Å². The van der Waals surface area contributed by atoms with Crippen molar-refractivity contribution in [3.63, 3.8) is 0 Å². The van der Waals surface area contributed by atoms with Gasteiger partial charge in [-0.3, -0.25) is 4.99 Å². The van der Waals surface area contributed by atoms with Gasteiger partial charge in [-0.2, -0.15) is 0 Å². The summed E-state index contributed by atoms with van der Waals surface area (Å²) in [6.45, 7) is 2.96. The SMILES string of the molecule is CCCCCCN=C(N)N. The van der Waals surface area contributed by atoms with Crippen LogP contribution in [0.3, 0.4) is 0 Å². The van der Waals surface area contributed by atoms with Gasteiger partial charge in [0.1, 0.15) is 0 Å². The van der Waals surface area contributed by atoms with Crippen LogP contribution in [0.5, 0.6) is 0 Å². The summed E-state index contributed by atoms with van der Waals surface area (Å²) in [7, 11) is 0. The molecule has 0 aliphatic carbocycles. The van der Waals surface area contributed by atoms with Gasteiger partial charge in [-0.25, -0.2) is 0 Å². The first-order chi connectivity index (χ1) is 4.77. The molecule has 0 radical (unpaired) electrons. The molecule has 4 N–H and O–H groups in total. The molecular weight excluding hydrogens is 126 g/mol. The summed E-state index contributed by atoms with van der Waals surface area (Å²) in [5, 5.41) is 0. The van der Waals surface area contributed by atoms with Crippen LogP contribution in [0.4, 0.5) is 0 Å². The number of hydrogen-bond acceptors (Lipinski definition) is 1. The molecule has 0 aromatic carbocycles. The minimum absolute atomic E-state index is 0.205. The normalized spacial score (nSPS) is 9.30. The Kier molecular flexibility index (Phi) is 5.92. The Labute approximate surface area is 62.5 Å². The number of unbranched alkanes of at least 4 members (excludes halogenated alkanes) is 3. The summed E-state index contributed by atoms with van der Waals surface area (Å²) < 4.78 is 0. The minimum Gasteiger partial charge on any atom is -0.370 e. The number of hydrogen-bond donors (Lipinski definition) is 2. The molecule has 3 nitrogen and oxygen atoms in total. The zero-order valence-corrected chi connectivity index (χ0v) is 6.64. The van der Waals surface area contributed by atoms with Crippen molar-refractivity contribution in [3.05, 3.63) is 0 Å². The topological polar surface area (TPSA) is 64.4 Å². The maximum absolute atomic E-state index is 5.13. The zero-order valence-electron chi connectivity index (χ0n) is 6.64. The summed E-state index contributed by atoms with van der Waals surface area (Å²) in [5.74, 6) is 0.205. The third kappa shape index (κ3) is 7.27. The summed E-state index contributed by atoms with van der Waals surface area (Å²) in [6, 6.07) is 0. The van der Waals surface area contributed by atoms with E-state index in [1.807, 2.05) is 0 Å². The molecule has 60 valence electrons. The Morgan fingerprint density at radius 1 is 1.20 bits per heavy atom. The van der Waals surface area contributed by atoms with E-state index >= 15 is 0 Å². The van der Waals surface area contributed by atoms with Crippen LogP contribution < -0.4 is 11.5 Å². The van der Waals surface area contributed by atoms with Crippen molar-refractivity contribution in [2.45, 2.75) is 32.6 Å². The lowest BCUT2D eigenvalue weighted by Crippen LogP contribution is -2.22. The minimum atomic E-state index is 0.205. The monoisotopic (exact) mass is 143 g/mol. The van der Waals surface area contributed by atoms with Crippen molar-refractivity contribution in [1.82, 2.24) is 0 Å². The van der Waals surface area contributed by atoms with Crippen molar-refractivity contribution >= 4 is 5.96 Å². The molecule has 0 fully saturated rings. The molecular formula is C7H17N3. The lowest BCUT2D eigenvalue weighted by molar-refractivity contribution is 0.674. The average Bonchev–Trinajstić information content (AvgIpc) is 1.87. The molecule has 0 saturated heterocycles. The van der Waals surface area contributed by atoms with Gasteiger partial charge in [0.25, 0.3) is 0 Å². The van der Waals surface area contributed by atoms with Crippen LogP contribution in [0.15, 0.2) is 4.99 Å². The highest BCUT2D eigenvalue weighted by Crippen LogP contribution is 1.97. The molecule has 3 heteroatoms. The van der Waals surface area contributed by atoms with Gasteiger partial charge in [-0.05, 0) is 6.42 Å². The molecule has 0 spiro atoms. The molecule has 0 amide bonds. The Morgan fingerprint density at radius 3 is 2.40 bits per heavy atom. The van der Waals surface area contributed by atoms with Crippen molar-refractivity contribution in [2.75, 3.05) is 6.54 Å². The quantitative estimate of drug-likeness (QED) is 0.340. The second kappa shape index (κ2) is 6.39. The van der Waals surface area contributed by atoms with Gasteiger partial charge in [-0.15, -0.1) is 0 Å². The van der Waals surface area contributed by atoms with E-state index in [1.54, 1.807) is 0 Å². The van der Waals surface area contributed by atoms with Crippen LogP contribution in [0, 0.1) is 0 Å². The van der Waals surface area contributed by atoms with Gasteiger partial charge in [-0.1, -0.05) is 26.2 Å². The van der Waals surface area contributed by atoms with E-state index in [0.29, 0.717) is 0 Å². The van der Waals surface area contributed by atoms with E-state index in [-0.39, 0.29) is 5.96 Å². The van der Waals surface area contributed by atoms with Gasteiger partial charge in [0, 0.05) is 6.54 Å². The first kappa shape index (κ1) is 9.27. The van der Waals surface area contributed by atoms with E-state index in [2.05, 4.69) is 11.9 Å². The molecule has 0 bridgehead atoms. The summed E-state index contributed by atoms with van der Waals surface area (Å²) in [5.41, 5.74) is 10.3. The molecule has 0 rings (SSSR count). The number of rotatable bonds is 5. The van der Waals surface area contributed by atoms with Crippen LogP contribution in [0.25, 0.3) is 0 Å². The maximum Gasteiger partial charge on any atom is 0.185 e. The molecule has 0 atom stereocenters.